The summed E-state index contributed by atoms with van der Waals surface area (Å²) in [6.45, 7) is 5.57. The zero-order valence-corrected chi connectivity index (χ0v) is 17.4. The largest absolute Gasteiger partial charge is 0.489 e. The summed E-state index contributed by atoms with van der Waals surface area (Å²) in [6.07, 6.45) is 1.50. The number of halogens is 1. The second-order valence-corrected chi connectivity index (χ2v) is 9.02. The number of nitrogens with zero attached hydrogens (tertiary/aromatic N) is 2. The molecule has 8 heteroatoms. The summed E-state index contributed by atoms with van der Waals surface area (Å²) in [6, 6.07) is 5.16. The maximum Gasteiger partial charge on any atom is 0.411 e. The van der Waals surface area contributed by atoms with Gasteiger partial charge in [0.15, 0.2) is 0 Å². The van der Waals surface area contributed by atoms with Gasteiger partial charge in [-0.25, -0.2) is 14.0 Å². The second-order valence-electron chi connectivity index (χ2n) is 9.02. The Morgan fingerprint density at radius 3 is 2.60 bits per heavy atom. The highest BCUT2D eigenvalue weighted by Gasteiger charge is 2.45. The molecular weight excluding hydrogens is 391 g/mol. The number of ether oxygens (including phenoxy) is 2. The third kappa shape index (κ3) is 4.84. The van der Waals surface area contributed by atoms with Gasteiger partial charge in [0.2, 0.25) is 0 Å². The molecule has 0 aromatic heterocycles. The van der Waals surface area contributed by atoms with Crippen molar-refractivity contribution < 1.29 is 28.6 Å². The standard InChI is InChI=1S/C22H27FN2O5/c1-22(2,3)30-21(28)25-12-13-7-8-15(9-14(13)10-18(25)20(26)27)29-19-6-4-5-17(23)16(19)11-24/h4-6,13-15,18H,7-10,12H2,1-3H3,(H,26,27). The van der Waals surface area contributed by atoms with Gasteiger partial charge in [0.1, 0.15) is 34.8 Å². The Hall–Kier alpha value is -2.82. The van der Waals surface area contributed by atoms with E-state index >= 15 is 0 Å². The van der Waals surface area contributed by atoms with E-state index in [1.165, 1.54) is 17.0 Å². The molecule has 1 saturated carbocycles. The smallest absolute Gasteiger partial charge is 0.411 e. The molecule has 7 nitrogen and oxygen atoms in total. The van der Waals surface area contributed by atoms with Crippen molar-refractivity contribution in [2.24, 2.45) is 11.8 Å². The molecule has 1 aromatic carbocycles. The van der Waals surface area contributed by atoms with E-state index in [2.05, 4.69) is 0 Å². The van der Waals surface area contributed by atoms with E-state index in [9.17, 15) is 24.3 Å². The Bertz CT molecular complexity index is 860. The highest BCUT2D eigenvalue weighted by atomic mass is 19.1. The minimum absolute atomic E-state index is 0.0580. The summed E-state index contributed by atoms with van der Waals surface area (Å²) in [4.78, 5) is 25.7. The predicted octanol–water partition coefficient (Wildman–Crippen LogP) is 3.96. The lowest BCUT2D eigenvalue weighted by Crippen LogP contribution is -2.56. The van der Waals surface area contributed by atoms with Gasteiger partial charge in [-0.1, -0.05) is 6.07 Å². The number of likely N-dealkylation sites (tertiary alicyclic amines) is 1. The van der Waals surface area contributed by atoms with Gasteiger partial charge in [-0.15, -0.1) is 0 Å². The Labute approximate surface area is 175 Å². The molecule has 3 rings (SSSR count). The Balaban J connectivity index is 1.70. The van der Waals surface area contributed by atoms with Crippen LogP contribution in [0.15, 0.2) is 18.2 Å². The van der Waals surface area contributed by atoms with Crippen LogP contribution in [0.3, 0.4) is 0 Å². The molecular formula is C22H27FN2O5. The Kier molecular flexibility index (Phi) is 6.20. The van der Waals surface area contributed by atoms with Crippen LogP contribution in [0.1, 0.15) is 52.0 Å². The normalized spacial score (nSPS) is 26.3. The highest BCUT2D eigenvalue weighted by Crippen LogP contribution is 2.40. The fraction of sp³-hybridized carbons (Fsp3) is 0.591. The van der Waals surface area contributed by atoms with E-state index in [0.29, 0.717) is 25.8 Å². The van der Waals surface area contributed by atoms with Gasteiger partial charge in [0.25, 0.3) is 0 Å². The molecule has 2 aliphatic rings. The molecule has 30 heavy (non-hydrogen) atoms. The lowest BCUT2D eigenvalue weighted by molar-refractivity contribution is -0.147. The molecule has 4 atom stereocenters. The predicted molar refractivity (Wildman–Crippen MR) is 105 cm³/mol. The summed E-state index contributed by atoms with van der Waals surface area (Å²) in [5, 5.41) is 18.9. The molecule has 162 valence electrons. The fourth-order valence-electron chi connectivity index (χ4n) is 4.36. The first-order chi connectivity index (χ1) is 14.1. The van der Waals surface area contributed by atoms with Gasteiger partial charge in [-0.05, 0) is 70.4 Å². The number of aliphatic carboxylic acids is 1. The number of rotatable bonds is 3. The van der Waals surface area contributed by atoms with Crippen LogP contribution in [0.4, 0.5) is 9.18 Å². The number of fused-ring (bicyclic) bond motifs is 1. The van der Waals surface area contributed by atoms with Crippen LogP contribution in [-0.2, 0) is 9.53 Å². The van der Waals surface area contributed by atoms with E-state index in [-0.39, 0.29) is 29.3 Å². The van der Waals surface area contributed by atoms with Crippen LogP contribution in [0.2, 0.25) is 0 Å². The first kappa shape index (κ1) is 21.9. The Morgan fingerprint density at radius 1 is 1.23 bits per heavy atom. The van der Waals surface area contributed by atoms with Crippen molar-refractivity contribution in [3.63, 3.8) is 0 Å². The second kappa shape index (κ2) is 8.50. The summed E-state index contributed by atoms with van der Waals surface area (Å²) in [5.74, 6) is -1.26. The van der Waals surface area contributed by atoms with Gasteiger partial charge in [-0.3, -0.25) is 4.90 Å². The lowest BCUT2D eigenvalue weighted by atomic mass is 9.72. The van der Waals surface area contributed by atoms with Crippen LogP contribution in [-0.4, -0.2) is 46.4 Å². The first-order valence-corrected chi connectivity index (χ1v) is 10.2. The van der Waals surface area contributed by atoms with E-state index in [1.807, 2.05) is 6.07 Å². The van der Waals surface area contributed by atoms with Crippen molar-refractivity contribution in [1.82, 2.24) is 4.90 Å². The molecule has 1 saturated heterocycles. The average molecular weight is 418 g/mol. The highest BCUT2D eigenvalue weighted by molar-refractivity contribution is 5.80. The number of piperidine rings is 1. The average Bonchev–Trinajstić information content (AvgIpc) is 2.65. The van der Waals surface area contributed by atoms with Gasteiger partial charge in [0.05, 0.1) is 6.10 Å². The summed E-state index contributed by atoms with van der Waals surface area (Å²) in [5.41, 5.74) is -0.825. The minimum atomic E-state index is -1.06. The number of benzene rings is 1. The molecule has 4 unspecified atom stereocenters. The molecule has 1 aromatic rings. The van der Waals surface area contributed by atoms with Crippen LogP contribution < -0.4 is 4.74 Å². The molecule has 0 radical (unpaired) electrons. The van der Waals surface area contributed by atoms with Gasteiger partial charge >= 0.3 is 12.1 Å². The van der Waals surface area contributed by atoms with Crippen molar-refractivity contribution in [2.45, 2.75) is 64.2 Å². The number of carboxylic acids is 1. The zero-order valence-electron chi connectivity index (χ0n) is 17.4. The van der Waals surface area contributed by atoms with E-state index < -0.39 is 29.5 Å². The Morgan fingerprint density at radius 2 is 1.97 bits per heavy atom. The van der Waals surface area contributed by atoms with E-state index in [0.717, 1.165) is 6.42 Å². The number of amides is 1. The van der Waals surface area contributed by atoms with E-state index in [1.54, 1.807) is 26.8 Å². The number of carboxylic acid groups (broad SMARTS) is 1. The van der Waals surface area contributed by atoms with Crippen molar-refractivity contribution in [3.8, 4) is 11.8 Å². The minimum Gasteiger partial charge on any atom is -0.489 e. The number of hydrogen-bond acceptors (Lipinski definition) is 5. The van der Waals surface area contributed by atoms with Gasteiger partial charge in [-0.2, -0.15) is 5.26 Å². The van der Waals surface area contributed by atoms with E-state index in [4.69, 9.17) is 9.47 Å². The molecule has 0 spiro atoms. The molecule has 0 bridgehead atoms. The van der Waals surface area contributed by atoms with Gasteiger partial charge in [0, 0.05) is 6.54 Å². The van der Waals surface area contributed by atoms with Crippen molar-refractivity contribution in [3.05, 3.63) is 29.6 Å². The number of hydrogen-bond donors (Lipinski definition) is 1. The SMILES string of the molecule is CC(C)(C)OC(=O)N1CC2CCC(Oc3cccc(F)c3C#N)CC2CC1C(=O)O. The van der Waals surface area contributed by atoms with Crippen LogP contribution in [0.25, 0.3) is 0 Å². The number of carbonyl (C=O) groups is 2. The monoisotopic (exact) mass is 418 g/mol. The lowest BCUT2D eigenvalue weighted by Gasteiger charge is -2.46. The topological polar surface area (TPSA) is 99.9 Å². The molecule has 1 N–H and O–H groups in total. The quantitative estimate of drug-likeness (QED) is 0.798. The van der Waals surface area contributed by atoms with Crippen LogP contribution in [0.5, 0.6) is 5.75 Å². The molecule has 1 aliphatic carbocycles. The summed E-state index contributed by atoms with van der Waals surface area (Å²) >= 11 is 0. The number of carbonyl (C=O) groups excluding carboxylic acids is 1. The van der Waals surface area contributed by atoms with Crippen LogP contribution in [0, 0.1) is 29.0 Å². The molecule has 1 aliphatic heterocycles. The maximum absolute atomic E-state index is 13.8. The third-order valence-corrected chi connectivity index (χ3v) is 5.72. The molecule has 1 heterocycles. The molecule has 1 amide bonds. The maximum atomic E-state index is 13.8. The van der Waals surface area contributed by atoms with Crippen molar-refractivity contribution >= 4 is 12.1 Å². The molecule has 2 fully saturated rings. The zero-order chi connectivity index (χ0) is 22.1. The summed E-state index contributed by atoms with van der Waals surface area (Å²) < 4.78 is 25.2. The summed E-state index contributed by atoms with van der Waals surface area (Å²) in [7, 11) is 0. The van der Waals surface area contributed by atoms with Crippen molar-refractivity contribution in [2.75, 3.05) is 6.54 Å². The first-order valence-electron chi connectivity index (χ1n) is 10.2. The van der Waals surface area contributed by atoms with Gasteiger partial charge < -0.3 is 14.6 Å². The third-order valence-electron chi connectivity index (χ3n) is 5.72. The number of nitriles is 1. The fourth-order valence-corrected chi connectivity index (χ4v) is 4.36. The van der Waals surface area contributed by atoms with Crippen LogP contribution >= 0.6 is 0 Å². The van der Waals surface area contributed by atoms with Crippen molar-refractivity contribution in [1.29, 1.82) is 5.26 Å².